The molecule has 0 aromatic carbocycles. The Kier molecular flexibility index (Phi) is 4.11. The second kappa shape index (κ2) is 4.94. The zero-order valence-corrected chi connectivity index (χ0v) is 10.0. The fourth-order valence-corrected chi connectivity index (χ4v) is 1.63. The van der Waals surface area contributed by atoms with E-state index < -0.39 is 0 Å². The molecule has 1 atom stereocenters. The Labute approximate surface area is 91.3 Å². The van der Waals surface area contributed by atoms with E-state index in [4.69, 9.17) is 9.47 Å². The topological polar surface area (TPSA) is 47.6 Å². The molecule has 0 aromatic heterocycles. The summed E-state index contributed by atoms with van der Waals surface area (Å²) in [7, 11) is 1.42. The molecule has 88 valence electrons. The summed E-state index contributed by atoms with van der Waals surface area (Å²) in [5.41, 5.74) is 0.182. The highest BCUT2D eigenvalue weighted by Crippen LogP contribution is 2.25. The monoisotopic (exact) mass is 215 g/mol. The third kappa shape index (κ3) is 3.18. The molecule has 0 amide bonds. The van der Waals surface area contributed by atoms with Crippen LogP contribution in [0.5, 0.6) is 0 Å². The van der Waals surface area contributed by atoms with Crippen LogP contribution in [-0.2, 0) is 14.3 Å². The maximum atomic E-state index is 11.5. The molecule has 4 nitrogen and oxygen atoms in total. The van der Waals surface area contributed by atoms with Gasteiger partial charge in [-0.1, -0.05) is 20.8 Å². The largest absolute Gasteiger partial charge is 0.468 e. The summed E-state index contributed by atoms with van der Waals surface area (Å²) in [5, 5.41) is 3.26. The van der Waals surface area contributed by atoms with Gasteiger partial charge >= 0.3 is 5.97 Å². The number of esters is 1. The van der Waals surface area contributed by atoms with E-state index >= 15 is 0 Å². The van der Waals surface area contributed by atoms with Gasteiger partial charge in [0.2, 0.25) is 0 Å². The summed E-state index contributed by atoms with van der Waals surface area (Å²) in [4.78, 5) is 11.5. The van der Waals surface area contributed by atoms with E-state index in [0.717, 1.165) is 19.8 Å². The minimum atomic E-state index is -0.215. The van der Waals surface area contributed by atoms with Crippen LogP contribution in [-0.4, -0.2) is 38.9 Å². The van der Waals surface area contributed by atoms with Gasteiger partial charge in [-0.3, -0.25) is 4.79 Å². The lowest BCUT2D eigenvalue weighted by molar-refractivity contribution is -0.145. The molecule has 1 heterocycles. The predicted octanol–water partition coefficient (Wildman–Crippen LogP) is 0.810. The summed E-state index contributed by atoms with van der Waals surface area (Å²) < 4.78 is 9.92. The molecule has 1 aliphatic heterocycles. The SMILES string of the molecule is COC(=O)C(NCC1(C)COC1)C(C)C. The van der Waals surface area contributed by atoms with Crippen LogP contribution in [0.2, 0.25) is 0 Å². The maximum absolute atomic E-state index is 11.5. The van der Waals surface area contributed by atoms with Crippen molar-refractivity contribution in [2.75, 3.05) is 26.9 Å². The van der Waals surface area contributed by atoms with Crippen molar-refractivity contribution in [2.45, 2.75) is 26.8 Å². The van der Waals surface area contributed by atoms with Crippen molar-refractivity contribution < 1.29 is 14.3 Å². The zero-order valence-electron chi connectivity index (χ0n) is 10.0. The molecular weight excluding hydrogens is 194 g/mol. The normalized spacial score (nSPS) is 20.9. The number of hydrogen-bond donors (Lipinski definition) is 1. The number of methoxy groups -OCH3 is 1. The van der Waals surface area contributed by atoms with Crippen LogP contribution < -0.4 is 5.32 Å². The van der Waals surface area contributed by atoms with E-state index in [9.17, 15) is 4.79 Å². The van der Waals surface area contributed by atoms with Crippen LogP contribution >= 0.6 is 0 Å². The highest BCUT2D eigenvalue weighted by Gasteiger charge is 2.35. The predicted molar refractivity (Wildman–Crippen MR) is 57.6 cm³/mol. The van der Waals surface area contributed by atoms with Crippen LogP contribution in [0, 0.1) is 11.3 Å². The van der Waals surface area contributed by atoms with Crippen molar-refractivity contribution in [1.29, 1.82) is 0 Å². The van der Waals surface area contributed by atoms with Gasteiger partial charge in [-0.05, 0) is 5.92 Å². The fourth-order valence-electron chi connectivity index (χ4n) is 1.63. The smallest absolute Gasteiger partial charge is 0.323 e. The first-order chi connectivity index (χ1) is 6.98. The van der Waals surface area contributed by atoms with Crippen LogP contribution in [0.4, 0.5) is 0 Å². The summed E-state index contributed by atoms with van der Waals surface area (Å²) >= 11 is 0. The molecule has 0 radical (unpaired) electrons. The van der Waals surface area contributed by atoms with Gasteiger partial charge < -0.3 is 14.8 Å². The summed E-state index contributed by atoms with van der Waals surface area (Å²) in [5.74, 6) is 0.0517. The molecule has 1 saturated heterocycles. The molecule has 0 saturated carbocycles. The third-order valence-corrected chi connectivity index (χ3v) is 2.77. The molecule has 1 N–H and O–H groups in total. The van der Waals surface area contributed by atoms with Crippen LogP contribution in [0.3, 0.4) is 0 Å². The average molecular weight is 215 g/mol. The Morgan fingerprint density at radius 3 is 2.47 bits per heavy atom. The molecule has 0 aromatic rings. The molecule has 15 heavy (non-hydrogen) atoms. The van der Waals surface area contributed by atoms with Gasteiger partial charge in [-0.25, -0.2) is 0 Å². The Bertz CT molecular complexity index is 224. The second-order valence-electron chi connectivity index (χ2n) is 4.93. The van der Waals surface area contributed by atoms with Gasteiger partial charge in [0.15, 0.2) is 0 Å². The van der Waals surface area contributed by atoms with Crippen molar-refractivity contribution in [3.8, 4) is 0 Å². The van der Waals surface area contributed by atoms with Gasteiger partial charge in [-0.15, -0.1) is 0 Å². The molecule has 0 bridgehead atoms. The van der Waals surface area contributed by atoms with E-state index in [1.54, 1.807) is 0 Å². The van der Waals surface area contributed by atoms with Crippen LogP contribution in [0.15, 0.2) is 0 Å². The van der Waals surface area contributed by atoms with Gasteiger partial charge in [0, 0.05) is 12.0 Å². The minimum Gasteiger partial charge on any atom is -0.468 e. The Balaban J connectivity index is 2.41. The quantitative estimate of drug-likeness (QED) is 0.689. The Hall–Kier alpha value is -0.610. The third-order valence-electron chi connectivity index (χ3n) is 2.77. The molecule has 1 aliphatic rings. The molecular formula is C11H21NO3. The van der Waals surface area contributed by atoms with E-state index in [-0.39, 0.29) is 23.3 Å². The van der Waals surface area contributed by atoms with Crippen molar-refractivity contribution >= 4 is 5.97 Å². The average Bonchev–Trinajstić information content (AvgIpc) is 2.14. The first-order valence-electron chi connectivity index (χ1n) is 5.37. The van der Waals surface area contributed by atoms with Gasteiger partial charge in [0.05, 0.1) is 20.3 Å². The molecule has 0 spiro atoms. The standard InChI is InChI=1S/C11H21NO3/c1-8(2)9(10(13)14-4)12-5-11(3)6-15-7-11/h8-9,12H,5-7H2,1-4H3. The highest BCUT2D eigenvalue weighted by molar-refractivity contribution is 5.75. The molecule has 1 fully saturated rings. The van der Waals surface area contributed by atoms with Gasteiger partial charge in [0.25, 0.3) is 0 Å². The maximum Gasteiger partial charge on any atom is 0.323 e. The number of nitrogens with one attached hydrogen (secondary N) is 1. The van der Waals surface area contributed by atoms with E-state index in [1.807, 2.05) is 13.8 Å². The Morgan fingerprint density at radius 1 is 1.53 bits per heavy atom. The van der Waals surface area contributed by atoms with Crippen molar-refractivity contribution in [1.82, 2.24) is 5.32 Å². The molecule has 4 heteroatoms. The summed E-state index contributed by atoms with van der Waals surface area (Å²) in [6.07, 6.45) is 0. The number of rotatable bonds is 5. The minimum absolute atomic E-state index is 0.182. The molecule has 0 aliphatic carbocycles. The van der Waals surface area contributed by atoms with Crippen LogP contribution in [0.25, 0.3) is 0 Å². The first kappa shape index (κ1) is 12.5. The van der Waals surface area contributed by atoms with Crippen LogP contribution in [0.1, 0.15) is 20.8 Å². The number of ether oxygens (including phenoxy) is 2. The van der Waals surface area contributed by atoms with E-state index in [1.165, 1.54) is 7.11 Å². The Morgan fingerprint density at radius 2 is 2.13 bits per heavy atom. The molecule has 1 unspecified atom stereocenters. The van der Waals surface area contributed by atoms with Gasteiger partial charge in [-0.2, -0.15) is 0 Å². The fraction of sp³-hybridized carbons (Fsp3) is 0.909. The number of carbonyl (C=O) groups excluding carboxylic acids is 1. The number of hydrogen-bond acceptors (Lipinski definition) is 4. The second-order valence-corrected chi connectivity index (χ2v) is 4.93. The lowest BCUT2D eigenvalue weighted by Crippen LogP contribution is -2.52. The van der Waals surface area contributed by atoms with Crippen molar-refractivity contribution in [3.05, 3.63) is 0 Å². The van der Waals surface area contributed by atoms with E-state index in [2.05, 4.69) is 12.2 Å². The lowest BCUT2D eigenvalue weighted by Gasteiger charge is -2.39. The van der Waals surface area contributed by atoms with Gasteiger partial charge in [0.1, 0.15) is 6.04 Å². The zero-order chi connectivity index (χ0) is 11.5. The lowest BCUT2D eigenvalue weighted by atomic mass is 9.88. The molecule has 1 rings (SSSR count). The highest BCUT2D eigenvalue weighted by atomic mass is 16.5. The number of carbonyl (C=O) groups is 1. The van der Waals surface area contributed by atoms with E-state index in [0.29, 0.717) is 0 Å². The summed E-state index contributed by atoms with van der Waals surface area (Å²) in [6, 6.07) is -0.215. The summed E-state index contributed by atoms with van der Waals surface area (Å²) in [6.45, 7) is 8.50. The van der Waals surface area contributed by atoms with Crippen molar-refractivity contribution in [2.24, 2.45) is 11.3 Å². The first-order valence-corrected chi connectivity index (χ1v) is 5.37. The van der Waals surface area contributed by atoms with Crippen molar-refractivity contribution in [3.63, 3.8) is 0 Å².